The molecule has 2 fully saturated rings. The van der Waals surface area contributed by atoms with Crippen LogP contribution in [0.5, 0.6) is 0 Å². The molecule has 0 aromatic carbocycles. The van der Waals surface area contributed by atoms with E-state index >= 15 is 0 Å². The van der Waals surface area contributed by atoms with Crippen LogP contribution in [0.3, 0.4) is 0 Å². The minimum absolute atomic E-state index is 0.0136. The Bertz CT molecular complexity index is 773. The van der Waals surface area contributed by atoms with E-state index in [1.54, 1.807) is 16.7 Å². The molecule has 0 atom stereocenters. The second-order valence-corrected chi connectivity index (χ2v) is 7.37. The van der Waals surface area contributed by atoms with Crippen LogP contribution in [0.2, 0.25) is 0 Å². The molecule has 2 aliphatic rings. The third kappa shape index (κ3) is 3.52. The van der Waals surface area contributed by atoms with Gasteiger partial charge in [-0.2, -0.15) is 0 Å². The average molecular weight is 326 g/mol. The largest absolute Gasteiger partial charge is 0.314 e. The molecular weight excluding hydrogens is 300 g/mol. The van der Waals surface area contributed by atoms with Gasteiger partial charge in [0.1, 0.15) is 5.65 Å². The van der Waals surface area contributed by atoms with Crippen LogP contribution in [0.1, 0.15) is 36.9 Å². The third-order valence-electron chi connectivity index (χ3n) is 5.30. The maximum absolute atomic E-state index is 12.3. The van der Waals surface area contributed by atoms with Crippen LogP contribution in [0.25, 0.3) is 5.65 Å². The first-order chi connectivity index (χ1) is 11.7. The minimum atomic E-state index is 0.0136. The molecule has 1 N–H and O–H groups in total. The SMILES string of the molecule is Cc1cccn2c(=O)cc(CN3CCC(NCC4CC4)CC3)nc12. The third-order valence-corrected chi connectivity index (χ3v) is 5.30. The van der Waals surface area contributed by atoms with Crippen molar-refractivity contribution in [1.82, 2.24) is 19.6 Å². The Hall–Kier alpha value is -1.72. The first-order valence-corrected chi connectivity index (χ1v) is 9.13. The van der Waals surface area contributed by atoms with Crippen molar-refractivity contribution in [3.63, 3.8) is 0 Å². The Kier molecular flexibility index (Phi) is 4.37. The van der Waals surface area contributed by atoms with Crippen molar-refractivity contribution in [3.05, 3.63) is 46.0 Å². The number of piperidine rings is 1. The molecule has 0 unspecified atom stereocenters. The van der Waals surface area contributed by atoms with Gasteiger partial charge in [0.05, 0.1) is 5.69 Å². The summed E-state index contributed by atoms with van der Waals surface area (Å²) >= 11 is 0. The fourth-order valence-corrected chi connectivity index (χ4v) is 3.57. The van der Waals surface area contributed by atoms with Crippen LogP contribution >= 0.6 is 0 Å². The number of fused-ring (bicyclic) bond motifs is 1. The summed E-state index contributed by atoms with van der Waals surface area (Å²) in [5, 5.41) is 3.71. The standard InChI is InChI=1S/C19H26N4O/c1-14-3-2-8-23-18(24)11-17(21-19(14)23)13-22-9-6-16(7-10-22)20-12-15-4-5-15/h2-3,8,11,15-16,20H,4-7,9-10,12-13H2,1H3. The number of aryl methyl sites for hydroxylation is 1. The average Bonchev–Trinajstić information content (AvgIpc) is 3.40. The predicted molar refractivity (Wildman–Crippen MR) is 95.2 cm³/mol. The van der Waals surface area contributed by atoms with Gasteiger partial charge >= 0.3 is 0 Å². The molecule has 5 nitrogen and oxygen atoms in total. The van der Waals surface area contributed by atoms with Crippen molar-refractivity contribution in [2.75, 3.05) is 19.6 Å². The van der Waals surface area contributed by atoms with Gasteiger partial charge in [-0.05, 0) is 56.7 Å². The summed E-state index contributed by atoms with van der Waals surface area (Å²) in [6.45, 7) is 6.14. The number of likely N-dealkylation sites (tertiary alicyclic amines) is 1. The molecular formula is C19H26N4O. The van der Waals surface area contributed by atoms with E-state index in [0.29, 0.717) is 6.04 Å². The lowest BCUT2D eigenvalue weighted by atomic mass is 10.0. The normalized spacial score (nSPS) is 19.9. The van der Waals surface area contributed by atoms with Gasteiger partial charge in [0.2, 0.25) is 0 Å². The smallest absolute Gasteiger partial charge is 0.258 e. The summed E-state index contributed by atoms with van der Waals surface area (Å²) in [7, 11) is 0. The van der Waals surface area contributed by atoms with Crippen molar-refractivity contribution in [2.45, 2.75) is 45.2 Å². The zero-order valence-corrected chi connectivity index (χ0v) is 14.4. The van der Waals surface area contributed by atoms with Crippen molar-refractivity contribution >= 4 is 5.65 Å². The number of nitrogens with one attached hydrogen (secondary N) is 1. The minimum Gasteiger partial charge on any atom is -0.314 e. The molecule has 3 heterocycles. The van der Waals surface area contributed by atoms with Crippen LogP contribution < -0.4 is 10.9 Å². The Morgan fingerprint density at radius 3 is 2.79 bits per heavy atom. The molecule has 1 saturated carbocycles. The first-order valence-electron chi connectivity index (χ1n) is 9.13. The second-order valence-electron chi connectivity index (χ2n) is 7.37. The lowest BCUT2D eigenvalue weighted by Crippen LogP contribution is -2.42. The molecule has 1 aliphatic heterocycles. The Balaban J connectivity index is 1.39. The molecule has 2 aromatic heterocycles. The highest BCUT2D eigenvalue weighted by Gasteiger charge is 2.24. The molecule has 0 radical (unpaired) electrons. The zero-order valence-electron chi connectivity index (χ0n) is 14.4. The number of hydrogen-bond acceptors (Lipinski definition) is 4. The summed E-state index contributed by atoms with van der Waals surface area (Å²) < 4.78 is 1.63. The van der Waals surface area contributed by atoms with Crippen LogP contribution in [0.15, 0.2) is 29.2 Å². The first kappa shape index (κ1) is 15.8. The number of aromatic nitrogens is 2. The van der Waals surface area contributed by atoms with Crippen molar-refractivity contribution in [3.8, 4) is 0 Å². The monoisotopic (exact) mass is 326 g/mol. The molecule has 1 aliphatic carbocycles. The van der Waals surface area contributed by atoms with E-state index in [2.05, 4.69) is 10.2 Å². The Labute approximate surface area is 142 Å². The van der Waals surface area contributed by atoms with Gasteiger partial charge in [0, 0.05) is 37.9 Å². The van der Waals surface area contributed by atoms with E-state index in [-0.39, 0.29) is 5.56 Å². The summed E-state index contributed by atoms with van der Waals surface area (Å²) in [6.07, 6.45) is 7.00. The van der Waals surface area contributed by atoms with Gasteiger partial charge in [-0.1, -0.05) is 6.07 Å². The molecule has 5 heteroatoms. The highest BCUT2D eigenvalue weighted by atomic mass is 16.1. The quantitative estimate of drug-likeness (QED) is 0.913. The van der Waals surface area contributed by atoms with E-state index in [1.165, 1.54) is 32.2 Å². The predicted octanol–water partition coefficient (Wildman–Crippen LogP) is 1.97. The van der Waals surface area contributed by atoms with E-state index in [9.17, 15) is 4.79 Å². The number of pyridine rings is 1. The molecule has 0 bridgehead atoms. The van der Waals surface area contributed by atoms with E-state index < -0.39 is 0 Å². The summed E-state index contributed by atoms with van der Waals surface area (Å²) in [5.74, 6) is 0.945. The van der Waals surface area contributed by atoms with Gasteiger partial charge in [-0.3, -0.25) is 14.1 Å². The van der Waals surface area contributed by atoms with Crippen molar-refractivity contribution in [2.24, 2.45) is 5.92 Å². The topological polar surface area (TPSA) is 49.6 Å². The Morgan fingerprint density at radius 1 is 1.25 bits per heavy atom. The summed E-state index contributed by atoms with van der Waals surface area (Å²) in [6, 6.07) is 6.25. The summed E-state index contributed by atoms with van der Waals surface area (Å²) in [5.41, 5.74) is 2.72. The van der Waals surface area contributed by atoms with Crippen molar-refractivity contribution < 1.29 is 0 Å². The molecule has 1 saturated heterocycles. The molecule has 0 spiro atoms. The number of hydrogen-bond donors (Lipinski definition) is 1. The number of nitrogens with zero attached hydrogens (tertiary/aromatic N) is 3. The van der Waals surface area contributed by atoms with Gasteiger partial charge in [0.15, 0.2) is 0 Å². The van der Waals surface area contributed by atoms with Crippen LogP contribution in [0, 0.1) is 12.8 Å². The maximum Gasteiger partial charge on any atom is 0.258 e. The molecule has 2 aromatic rings. The molecule has 24 heavy (non-hydrogen) atoms. The summed E-state index contributed by atoms with van der Waals surface area (Å²) in [4.78, 5) is 19.4. The molecule has 128 valence electrons. The van der Waals surface area contributed by atoms with Crippen LogP contribution in [-0.4, -0.2) is 40.0 Å². The molecule has 0 amide bonds. The van der Waals surface area contributed by atoms with Gasteiger partial charge in [-0.25, -0.2) is 4.98 Å². The van der Waals surface area contributed by atoms with E-state index in [1.807, 2.05) is 19.1 Å². The molecule has 4 rings (SSSR count). The fourth-order valence-electron chi connectivity index (χ4n) is 3.57. The van der Waals surface area contributed by atoms with Gasteiger partial charge in [0.25, 0.3) is 5.56 Å². The van der Waals surface area contributed by atoms with Crippen LogP contribution in [0.4, 0.5) is 0 Å². The van der Waals surface area contributed by atoms with E-state index in [0.717, 1.165) is 42.5 Å². The zero-order chi connectivity index (χ0) is 16.5. The van der Waals surface area contributed by atoms with Crippen molar-refractivity contribution in [1.29, 1.82) is 0 Å². The lowest BCUT2D eigenvalue weighted by Gasteiger charge is -2.32. The lowest BCUT2D eigenvalue weighted by molar-refractivity contribution is 0.188. The van der Waals surface area contributed by atoms with E-state index in [4.69, 9.17) is 4.98 Å². The van der Waals surface area contributed by atoms with Crippen LogP contribution in [-0.2, 0) is 6.54 Å². The van der Waals surface area contributed by atoms with Gasteiger partial charge < -0.3 is 5.32 Å². The highest BCUT2D eigenvalue weighted by Crippen LogP contribution is 2.28. The Morgan fingerprint density at radius 2 is 2.04 bits per heavy atom. The van der Waals surface area contributed by atoms with Gasteiger partial charge in [-0.15, -0.1) is 0 Å². The highest BCUT2D eigenvalue weighted by molar-refractivity contribution is 5.46. The maximum atomic E-state index is 12.3. The fraction of sp³-hybridized carbons (Fsp3) is 0.579. The number of rotatable bonds is 5. The second kappa shape index (κ2) is 6.65.